The van der Waals surface area contributed by atoms with E-state index in [-0.39, 0.29) is 18.4 Å². The first kappa shape index (κ1) is 18.5. The maximum Gasteiger partial charge on any atom is 0.308 e. The molecule has 0 spiro atoms. The Kier molecular flexibility index (Phi) is 6.45. The number of aliphatic carboxylic acids is 1. The molecule has 6 nitrogen and oxygen atoms in total. The molecule has 0 saturated carbocycles. The van der Waals surface area contributed by atoms with Crippen molar-refractivity contribution >= 4 is 23.5 Å². The largest absolute Gasteiger partial charge is 0.492 e. The van der Waals surface area contributed by atoms with E-state index in [1.54, 1.807) is 36.2 Å². The molecule has 1 heterocycles. The number of nitrogens with zero attached hydrogens (tertiary/aromatic N) is 2. The summed E-state index contributed by atoms with van der Waals surface area (Å²) in [5.74, 6) is -0.446. The number of ether oxygens (including phenoxy) is 1. The van der Waals surface area contributed by atoms with Gasteiger partial charge in [-0.1, -0.05) is 18.5 Å². The Bertz CT molecular complexity index is 578. The first-order valence-electron chi connectivity index (χ1n) is 7.94. The number of hydrogen-bond donors (Lipinski definition) is 1. The van der Waals surface area contributed by atoms with Crippen molar-refractivity contribution in [3.05, 3.63) is 29.3 Å². The standard InChI is InChI=1S/C17H23ClN2O4/c1-12-9-20(10-15(12)17(22)23)11-16(21)19(2)7-8-24-14-5-3-13(18)4-6-14/h3-6,12,15H,7-11H2,1-2H3,(H,22,23)/t12-,15-/m1/s1. The lowest BCUT2D eigenvalue weighted by Gasteiger charge is -2.21. The average molecular weight is 355 g/mol. The topological polar surface area (TPSA) is 70.1 Å². The smallest absolute Gasteiger partial charge is 0.308 e. The first-order valence-corrected chi connectivity index (χ1v) is 8.32. The maximum atomic E-state index is 12.2. The van der Waals surface area contributed by atoms with Gasteiger partial charge in [-0.15, -0.1) is 0 Å². The number of carbonyl (C=O) groups is 2. The number of likely N-dealkylation sites (N-methyl/N-ethyl adjacent to an activating group) is 1. The predicted molar refractivity (Wildman–Crippen MR) is 91.3 cm³/mol. The Hall–Kier alpha value is -1.79. The van der Waals surface area contributed by atoms with E-state index < -0.39 is 11.9 Å². The second-order valence-corrected chi connectivity index (χ2v) is 6.67. The van der Waals surface area contributed by atoms with Crippen molar-refractivity contribution in [2.75, 3.05) is 39.8 Å². The van der Waals surface area contributed by atoms with Crippen LogP contribution in [0.2, 0.25) is 5.02 Å². The summed E-state index contributed by atoms with van der Waals surface area (Å²) in [6.45, 7) is 4.07. The van der Waals surface area contributed by atoms with Gasteiger partial charge in [-0.25, -0.2) is 0 Å². The van der Waals surface area contributed by atoms with Crippen LogP contribution in [-0.4, -0.2) is 66.6 Å². The van der Waals surface area contributed by atoms with Crippen LogP contribution in [0.1, 0.15) is 6.92 Å². The van der Waals surface area contributed by atoms with Crippen LogP contribution < -0.4 is 4.74 Å². The van der Waals surface area contributed by atoms with Crippen molar-refractivity contribution in [3.8, 4) is 5.75 Å². The van der Waals surface area contributed by atoms with Gasteiger partial charge in [-0.3, -0.25) is 14.5 Å². The molecule has 1 aliphatic rings. The molecule has 0 aromatic heterocycles. The Morgan fingerprint density at radius 2 is 2.00 bits per heavy atom. The summed E-state index contributed by atoms with van der Waals surface area (Å²) in [7, 11) is 1.72. The Morgan fingerprint density at radius 3 is 2.58 bits per heavy atom. The van der Waals surface area contributed by atoms with Gasteiger partial charge in [0.15, 0.2) is 0 Å². The third-order valence-corrected chi connectivity index (χ3v) is 4.55. The highest BCUT2D eigenvalue weighted by molar-refractivity contribution is 6.30. The molecule has 7 heteroatoms. The molecule has 0 bridgehead atoms. The predicted octanol–water partition coefficient (Wildman–Crippen LogP) is 1.83. The zero-order valence-electron chi connectivity index (χ0n) is 13.9. The number of hydrogen-bond acceptors (Lipinski definition) is 4. The Balaban J connectivity index is 1.72. The van der Waals surface area contributed by atoms with Gasteiger partial charge >= 0.3 is 5.97 Å². The van der Waals surface area contributed by atoms with Crippen LogP contribution in [0, 0.1) is 11.8 Å². The van der Waals surface area contributed by atoms with E-state index in [9.17, 15) is 9.59 Å². The SMILES string of the molecule is C[C@@H]1CN(CC(=O)N(C)CCOc2ccc(Cl)cc2)C[C@H]1C(=O)O. The van der Waals surface area contributed by atoms with E-state index in [0.29, 0.717) is 37.0 Å². The molecular weight excluding hydrogens is 332 g/mol. The fourth-order valence-corrected chi connectivity index (χ4v) is 2.91. The molecule has 1 saturated heterocycles. The molecule has 2 atom stereocenters. The van der Waals surface area contributed by atoms with Crippen molar-refractivity contribution in [2.45, 2.75) is 6.92 Å². The molecule has 0 unspecified atom stereocenters. The van der Waals surface area contributed by atoms with Gasteiger partial charge in [0.25, 0.3) is 0 Å². The molecular formula is C17H23ClN2O4. The molecule has 1 N–H and O–H groups in total. The number of carbonyl (C=O) groups excluding carboxylic acids is 1. The summed E-state index contributed by atoms with van der Waals surface area (Å²) in [6, 6.07) is 7.06. The second kappa shape index (κ2) is 8.35. The van der Waals surface area contributed by atoms with Crippen LogP contribution >= 0.6 is 11.6 Å². The summed E-state index contributed by atoms with van der Waals surface area (Å²) in [5.41, 5.74) is 0. The first-order chi connectivity index (χ1) is 11.4. The Morgan fingerprint density at radius 1 is 1.33 bits per heavy atom. The van der Waals surface area contributed by atoms with Crippen molar-refractivity contribution in [2.24, 2.45) is 11.8 Å². The number of likely N-dealkylation sites (tertiary alicyclic amines) is 1. The van der Waals surface area contributed by atoms with Gasteiger partial charge in [-0.2, -0.15) is 0 Å². The van der Waals surface area contributed by atoms with Gasteiger partial charge in [-0.05, 0) is 30.2 Å². The lowest BCUT2D eigenvalue weighted by atomic mass is 9.99. The number of halogens is 1. The van der Waals surface area contributed by atoms with E-state index in [1.165, 1.54) is 0 Å². The summed E-state index contributed by atoms with van der Waals surface area (Å²) >= 11 is 5.81. The van der Waals surface area contributed by atoms with Gasteiger partial charge in [0.05, 0.1) is 19.0 Å². The van der Waals surface area contributed by atoms with Gasteiger partial charge in [0.2, 0.25) is 5.91 Å². The molecule has 1 amide bonds. The van der Waals surface area contributed by atoms with Crippen LogP contribution in [-0.2, 0) is 9.59 Å². The maximum absolute atomic E-state index is 12.2. The molecule has 24 heavy (non-hydrogen) atoms. The number of benzene rings is 1. The summed E-state index contributed by atoms with van der Waals surface area (Å²) in [5, 5.41) is 9.79. The van der Waals surface area contributed by atoms with Crippen molar-refractivity contribution in [1.82, 2.24) is 9.80 Å². The van der Waals surface area contributed by atoms with E-state index in [0.717, 1.165) is 0 Å². The van der Waals surface area contributed by atoms with Crippen LogP contribution in [0.3, 0.4) is 0 Å². The molecule has 1 fully saturated rings. The second-order valence-electron chi connectivity index (χ2n) is 6.23. The molecule has 2 rings (SSSR count). The summed E-state index contributed by atoms with van der Waals surface area (Å²) in [6.07, 6.45) is 0. The average Bonchev–Trinajstić information content (AvgIpc) is 2.89. The Labute approximate surface area is 146 Å². The number of carboxylic acids is 1. The normalized spacial score (nSPS) is 20.8. The summed E-state index contributed by atoms with van der Waals surface area (Å²) in [4.78, 5) is 26.9. The highest BCUT2D eigenvalue weighted by atomic mass is 35.5. The highest BCUT2D eigenvalue weighted by Crippen LogP contribution is 2.22. The van der Waals surface area contributed by atoms with E-state index in [2.05, 4.69) is 0 Å². The highest BCUT2D eigenvalue weighted by Gasteiger charge is 2.35. The minimum Gasteiger partial charge on any atom is -0.492 e. The number of carboxylic acid groups (broad SMARTS) is 1. The molecule has 0 radical (unpaired) electrons. The van der Waals surface area contributed by atoms with Crippen LogP contribution in [0.25, 0.3) is 0 Å². The van der Waals surface area contributed by atoms with Gasteiger partial charge < -0.3 is 14.7 Å². The quantitative estimate of drug-likeness (QED) is 0.809. The molecule has 1 aromatic carbocycles. The van der Waals surface area contributed by atoms with Gasteiger partial charge in [0, 0.05) is 25.2 Å². The van der Waals surface area contributed by atoms with Crippen LogP contribution in [0.15, 0.2) is 24.3 Å². The molecule has 132 valence electrons. The summed E-state index contributed by atoms with van der Waals surface area (Å²) < 4.78 is 5.57. The lowest BCUT2D eigenvalue weighted by Crippen LogP contribution is -2.39. The molecule has 1 aromatic rings. The minimum atomic E-state index is -0.790. The molecule has 0 aliphatic carbocycles. The fraction of sp³-hybridized carbons (Fsp3) is 0.529. The monoisotopic (exact) mass is 354 g/mol. The van der Waals surface area contributed by atoms with Crippen LogP contribution in [0.5, 0.6) is 5.75 Å². The lowest BCUT2D eigenvalue weighted by molar-refractivity contribution is -0.142. The zero-order chi connectivity index (χ0) is 17.7. The number of rotatable bonds is 7. The van der Waals surface area contributed by atoms with Crippen molar-refractivity contribution in [3.63, 3.8) is 0 Å². The molecule has 1 aliphatic heterocycles. The van der Waals surface area contributed by atoms with Gasteiger partial charge in [0.1, 0.15) is 12.4 Å². The van der Waals surface area contributed by atoms with E-state index in [1.807, 2.05) is 11.8 Å². The number of amides is 1. The third-order valence-electron chi connectivity index (χ3n) is 4.30. The third kappa shape index (κ3) is 5.11. The van der Waals surface area contributed by atoms with Crippen molar-refractivity contribution in [1.29, 1.82) is 0 Å². The van der Waals surface area contributed by atoms with E-state index >= 15 is 0 Å². The van der Waals surface area contributed by atoms with Crippen molar-refractivity contribution < 1.29 is 19.4 Å². The zero-order valence-corrected chi connectivity index (χ0v) is 14.7. The minimum absolute atomic E-state index is 0.0343. The van der Waals surface area contributed by atoms with Crippen LogP contribution in [0.4, 0.5) is 0 Å². The van der Waals surface area contributed by atoms with E-state index in [4.69, 9.17) is 21.4 Å². The fourth-order valence-electron chi connectivity index (χ4n) is 2.79.